The van der Waals surface area contributed by atoms with Gasteiger partial charge in [0.25, 0.3) is 0 Å². The summed E-state index contributed by atoms with van der Waals surface area (Å²) >= 11 is 0. The molecule has 0 saturated carbocycles. The number of nitrogens with zero attached hydrogens (tertiary/aromatic N) is 1. The maximum atomic E-state index is 4.79. The number of amidine groups is 1. The normalized spacial score (nSPS) is 16.5. The number of benzene rings is 3. The number of fused-ring (bicyclic) bond motifs is 3. The van der Waals surface area contributed by atoms with Gasteiger partial charge < -0.3 is 5.32 Å². The molecule has 150 valence electrons. The van der Waals surface area contributed by atoms with Gasteiger partial charge in [0.1, 0.15) is 0 Å². The smallest absolute Gasteiger partial charge is 0.0963 e. The maximum absolute atomic E-state index is 4.79. The first kappa shape index (κ1) is 18.9. The van der Waals surface area contributed by atoms with Crippen LogP contribution >= 0.6 is 0 Å². The van der Waals surface area contributed by atoms with Crippen molar-refractivity contribution in [2.75, 3.05) is 13.1 Å². The van der Waals surface area contributed by atoms with Gasteiger partial charge in [-0.1, -0.05) is 79.2 Å². The third-order valence-corrected chi connectivity index (χ3v) is 6.14. The van der Waals surface area contributed by atoms with Crippen molar-refractivity contribution < 1.29 is 0 Å². The molecule has 0 bridgehead atoms. The lowest BCUT2D eigenvalue weighted by Gasteiger charge is -2.06. The first-order valence-corrected chi connectivity index (χ1v) is 11.2. The number of rotatable bonds is 4. The molecule has 3 aromatic rings. The van der Waals surface area contributed by atoms with E-state index in [9.17, 15) is 0 Å². The Balaban J connectivity index is 1.33. The van der Waals surface area contributed by atoms with Crippen LogP contribution in [-0.4, -0.2) is 18.9 Å². The van der Waals surface area contributed by atoms with E-state index < -0.39 is 0 Å². The largest absolute Gasteiger partial charge is 0.374 e. The van der Waals surface area contributed by atoms with Crippen molar-refractivity contribution >= 4 is 17.5 Å². The second-order valence-corrected chi connectivity index (χ2v) is 8.21. The van der Waals surface area contributed by atoms with E-state index in [1.807, 2.05) is 0 Å². The summed E-state index contributed by atoms with van der Waals surface area (Å²) in [5, 5.41) is 3.48. The Morgan fingerprint density at radius 2 is 1.40 bits per heavy atom. The summed E-state index contributed by atoms with van der Waals surface area (Å²) < 4.78 is 0. The number of aliphatic imine (C=N–C) groups is 1. The number of hydrogen-bond acceptors (Lipinski definition) is 1. The Labute approximate surface area is 179 Å². The summed E-state index contributed by atoms with van der Waals surface area (Å²) in [6, 6.07) is 26.4. The third-order valence-electron chi connectivity index (χ3n) is 6.14. The molecule has 0 aromatic heterocycles. The lowest BCUT2D eigenvalue weighted by molar-refractivity contribution is 0.721. The maximum Gasteiger partial charge on any atom is 0.0963 e. The van der Waals surface area contributed by atoms with Gasteiger partial charge in [-0.25, -0.2) is 0 Å². The van der Waals surface area contributed by atoms with E-state index in [4.69, 9.17) is 4.99 Å². The Bertz CT molecular complexity index is 1030. The fraction of sp³-hybridized carbons (Fsp3) is 0.250. The molecule has 2 aliphatic rings. The molecule has 2 nitrogen and oxygen atoms in total. The lowest BCUT2D eigenvalue weighted by Crippen LogP contribution is -2.22. The molecule has 1 heterocycles. The van der Waals surface area contributed by atoms with Crippen LogP contribution in [0.4, 0.5) is 0 Å². The topological polar surface area (TPSA) is 24.4 Å². The average molecular weight is 393 g/mol. The molecule has 2 heteroatoms. The molecule has 0 spiro atoms. The molecule has 0 unspecified atom stereocenters. The molecule has 5 rings (SSSR count). The zero-order valence-electron chi connectivity index (χ0n) is 17.4. The van der Waals surface area contributed by atoms with E-state index in [-0.39, 0.29) is 0 Å². The van der Waals surface area contributed by atoms with Crippen LogP contribution < -0.4 is 5.32 Å². The standard InChI is InChI=1S/C28H28N2/c1-2-12-28(29-18-7-1)30-19-17-21-13-15-22(16-14-21)20-27-25-10-5-3-8-23(25)24-9-4-6-11-26(24)27/h3-6,8-11,13-16,20H,1-2,7,12,17-19H2,(H,29,30). The van der Waals surface area contributed by atoms with Crippen LogP contribution in [0.1, 0.15) is 47.9 Å². The Morgan fingerprint density at radius 3 is 2.10 bits per heavy atom. The van der Waals surface area contributed by atoms with Crippen LogP contribution in [0.25, 0.3) is 22.8 Å². The van der Waals surface area contributed by atoms with Crippen molar-refractivity contribution in [1.29, 1.82) is 0 Å². The van der Waals surface area contributed by atoms with Crippen LogP contribution in [0, 0.1) is 0 Å². The second-order valence-electron chi connectivity index (χ2n) is 8.21. The van der Waals surface area contributed by atoms with Gasteiger partial charge in [0.15, 0.2) is 0 Å². The van der Waals surface area contributed by atoms with E-state index in [2.05, 4.69) is 84.2 Å². The molecular formula is C28H28N2. The molecule has 1 N–H and O–H groups in total. The summed E-state index contributed by atoms with van der Waals surface area (Å²) in [4.78, 5) is 4.79. The first-order valence-electron chi connectivity index (χ1n) is 11.2. The fourth-order valence-electron chi connectivity index (χ4n) is 4.52. The van der Waals surface area contributed by atoms with Crippen molar-refractivity contribution in [3.63, 3.8) is 0 Å². The van der Waals surface area contributed by atoms with E-state index in [1.165, 1.54) is 64.1 Å². The molecule has 0 atom stereocenters. The first-order chi connectivity index (χ1) is 14.9. The summed E-state index contributed by atoms with van der Waals surface area (Å²) in [6.45, 7) is 1.94. The minimum atomic E-state index is 0.865. The zero-order chi connectivity index (χ0) is 20.2. The van der Waals surface area contributed by atoms with Crippen molar-refractivity contribution in [3.8, 4) is 11.1 Å². The monoisotopic (exact) mass is 392 g/mol. The molecule has 0 radical (unpaired) electrons. The predicted molar refractivity (Wildman–Crippen MR) is 128 cm³/mol. The highest BCUT2D eigenvalue weighted by atomic mass is 15.0. The van der Waals surface area contributed by atoms with E-state index in [0.29, 0.717) is 0 Å². The highest BCUT2D eigenvalue weighted by molar-refractivity contribution is 6.06. The highest BCUT2D eigenvalue weighted by Gasteiger charge is 2.22. The number of nitrogens with one attached hydrogen (secondary N) is 1. The van der Waals surface area contributed by atoms with Gasteiger partial charge in [0.05, 0.1) is 5.84 Å². The van der Waals surface area contributed by atoms with Crippen molar-refractivity contribution in [2.24, 2.45) is 4.99 Å². The van der Waals surface area contributed by atoms with Crippen molar-refractivity contribution in [3.05, 3.63) is 95.1 Å². The SMILES string of the molecule is C(=C1c2ccccc2-c2ccccc21)c1ccc(CCN=C2CCCCCN2)cc1. The minimum absolute atomic E-state index is 0.865. The van der Waals surface area contributed by atoms with Gasteiger partial charge in [-0.2, -0.15) is 0 Å². The van der Waals surface area contributed by atoms with E-state index >= 15 is 0 Å². The van der Waals surface area contributed by atoms with Crippen LogP contribution in [0.3, 0.4) is 0 Å². The van der Waals surface area contributed by atoms with Crippen LogP contribution in [-0.2, 0) is 6.42 Å². The predicted octanol–water partition coefficient (Wildman–Crippen LogP) is 6.36. The van der Waals surface area contributed by atoms with Crippen LogP contribution in [0.15, 0.2) is 77.8 Å². The summed E-state index contributed by atoms with van der Waals surface area (Å²) in [6.07, 6.45) is 8.28. The molecule has 1 saturated heterocycles. The van der Waals surface area contributed by atoms with Gasteiger partial charge in [0.2, 0.25) is 0 Å². The molecule has 30 heavy (non-hydrogen) atoms. The zero-order valence-corrected chi connectivity index (χ0v) is 17.4. The van der Waals surface area contributed by atoms with Gasteiger partial charge in [-0.3, -0.25) is 4.99 Å². The Morgan fingerprint density at radius 1 is 0.733 bits per heavy atom. The molecule has 1 aliphatic carbocycles. The molecular weight excluding hydrogens is 364 g/mol. The van der Waals surface area contributed by atoms with Crippen molar-refractivity contribution in [2.45, 2.75) is 32.1 Å². The van der Waals surface area contributed by atoms with Gasteiger partial charge in [-0.05, 0) is 64.3 Å². The van der Waals surface area contributed by atoms with Crippen LogP contribution in [0.2, 0.25) is 0 Å². The number of hydrogen-bond donors (Lipinski definition) is 1. The van der Waals surface area contributed by atoms with Crippen molar-refractivity contribution in [1.82, 2.24) is 5.32 Å². The minimum Gasteiger partial charge on any atom is -0.374 e. The van der Waals surface area contributed by atoms with E-state index in [0.717, 1.165) is 25.9 Å². The van der Waals surface area contributed by atoms with Crippen LogP contribution in [0.5, 0.6) is 0 Å². The highest BCUT2D eigenvalue weighted by Crippen LogP contribution is 2.44. The summed E-state index contributed by atoms with van der Waals surface area (Å²) in [5.74, 6) is 1.20. The fourth-order valence-corrected chi connectivity index (χ4v) is 4.52. The molecule has 0 amide bonds. The van der Waals surface area contributed by atoms with Gasteiger partial charge in [-0.15, -0.1) is 0 Å². The summed E-state index contributed by atoms with van der Waals surface area (Å²) in [7, 11) is 0. The van der Waals surface area contributed by atoms with Gasteiger partial charge in [0, 0.05) is 19.5 Å². The molecule has 1 fully saturated rings. The Hall–Kier alpha value is -3.13. The quantitative estimate of drug-likeness (QED) is 0.429. The average Bonchev–Trinajstić information content (AvgIpc) is 2.93. The molecule has 1 aliphatic heterocycles. The third kappa shape index (κ3) is 3.95. The lowest BCUT2D eigenvalue weighted by atomic mass is 10.0. The van der Waals surface area contributed by atoms with Gasteiger partial charge >= 0.3 is 0 Å². The van der Waals surface area contributed by atoms with E-state index in [1.54, 1.807) is 0 Å². The summed E-state index contributed by atoms with van der Waals surface area (Å²) in [5.41, 5.74) is 9.24. The second kappa shape index (κ2) is 8.71. The molecule has 3 aromatic carbocycles. The Kier molecular flexibility index (Phi) is 5.48.